The van der Waals surface area contributed by atoms with Crippen molar-refractivity contribution in [2.24, 2.45) is 0 Å². The van der Waals surface area contributed by atoms with Crippen LogP contribution >= 0.6 is 11.3 Å². The van der Waals surface area contributed by atoms with Crippen LogP contribution in [0.25, 0.3) is 10.2 Å². The summed E-state index contributed by atoms with van der Waals surface area (Å²) in [6.07, 6.45) is 0.424. The number of thiazole rings is 1. The molecule has 1 heterocycles. The average Bonchev–Trinajstić information content (AvgIpc) is 2.69. The summed E-state index contributed by atoms with van der Waals surface area (Å²) >= 11 is 1.54. The third-order valence-corrected chi connectivity index (χ3v) is 3.09. The monoisotopic (exact) mass is 217 g/mol. The number of fused-ring (bicyclic) bond motifs is 1. The highest BCUT2D eigenvalue weighted by Gasteiger charge is 2.08. The van der Waals surface area contributed by atoms with E-state index in [-0.39, 0.29) is 5.97 Å². The van der Waals surface area contributed by atoms with E-state index in [1.54, 1.807) is 12.1 Å². The molecule has 0 aliphatic carbocycles. The first-order chi connectivity index (χ1) is 7.24. The summed E-state index contributed by atoms with van der Waals surface area (Å²) in [5, 5.41) is 0.868. The fourth-order valence-corrected chi connectivity index (χ4v) is 2.13. The molecule has 5 heteroatoms. The third kappa shape index (κ3) is 1.87. The lowest BCUT2D eigenvalue weighted by Gasteiger charge is -1.97. The van der Waals surface area contributed by atoms with E-state index in [1.165, 1.54) is 18.4 Å². The van der Waals surface area contributed by atoms with E-state index in [0.717, 1.165) is 15.2 Å². The van der Waals surface area contributed by atoms with Crippen molar-refractivity contribution >= 4 is 35.4 Å². The van der Waals surface area contributed by atoms with Crippen molar-refractivity contribution < 1.29 is 9.53 Å². The summed E-state index contributed by atoms with van der Waals surface area (Å²) in [6.45, 7) is 0. The summed E-state index contributed by atoms with van der Waals surface area (Å²) in [5.41, 5.74) is 1.31. The van der Waals surface area contributed by atoms with E-state index >= 15 is 0 Å². The number of aromatic nitrogens is 1. The van der Waals surface area contributed by atoms with Gasteiger partial charge >= 0.3 is 5.97 Å². The highest BCUT2D eigenvalue weighted by Crippen LogP contribution is 2.23. The first kappa shape index (κ1) is 10.2. The topological polar surface area (TPSA) is 39.2 Å². The van der Waals surface area contributed by atoms with Gasteiger partial charge in [-0.3, -0.25) is 0 Å². The quantitative estimate of drug-likeness (QED) is 0.568. The first-order valence-corrected chi connectivity index (χ1v) is 5.24. The molecule has 0 atom stereocenters. The smallest absolute Gasteiger partial charge is 0.337 e. The van der Waals surface area contributed by atoms with Crippen LogP contribution in [0, 0.1) is 0 Å². The maximum Gasteiger partial charge on any atom is 0.337 e. The Morgan fingerprint density at radius 3 is 3.07 bits per heavy atom. The van der Waals surface area contributed by atoms with Gasteiger partial charge in [-0.05, 0) is 24.5 Å². The lowest BCUT2D eigenvalue weighted by molar-refractivity contribution is 0.0601. The lowest BCUT2D eigenvalue weighted by atomic mass is 10.1. The Kier molecular flexibility index (Phi) is 2.73. The van der Waals surface area contributed by atoms with Crippen LogP contribution in [0.1, 0.15) is 15.4 Å². The van der Waals surface area contributed by atoms with Gasteiger partial charge in [0.05, 0.1) is 35.7 Å². The van der Waals surface area contributed by atoms with Gasteiger partial charge in [-0.15, -0.1) is 11.3 Å². The van der Waals surface area contributed by atoms with Crippen molar-refractivity contribution in [1.82, 2.24) is 4.98 Å². The number of hydrogen-bond donors (Lipinski definition) is 0. The average molecular weight is 217 g/mol. The summed E-state index contributed by atoms with van der Waals surface area (Å²) in [6, 6.07) is 5.31. The SMILES string of the molecule is [B]Cc1nc2cc(C(=O)OC)ccc2s1. The molecule has 0 fully saturated rings. The number of carbonyl (C=O) groups is 1. The van der Waals surface area contributed by atoms with Crippen molar-refractivity contribution in [1.29, 1.82) is 0 Å². The number of methoxy groups -OCH3 is 1. The van der Waals surface area contributed by atoms with Gasteiger partial charge in [-0.2, -0.15) is 0 Å². The minimum atomic E-state index is -0.348. The molecule has 0 unspecified atom stereocenters. The number of nitrogens with zero attached hydrogens (tertiary/aromatic N) is 1. The Morgan fingerprint density at radius 2 is 2.40 bits per heavy atom. The molecule has 0 spiro atoms. The van der Waals surface area contributed by atoms with Crippen molar-refractivity contribution in [3.63, 3.8) is 0 Å². The van der Waals surface area contributed by atoms with Crippen LogP contribution in [0.3, 0.4) is 0 Å². The molecule has 2 rings (SSSR count). The molecule has 74 valence electrons. The molecule has 0 aliphatic heterocycles. The summed E-state index contributed by atoms with van der Waals surface area (Å²) < 4.78 is 5.66. The van der Waals surface area contributed by atoms with Crippen molar-refractivity contribution in [2.75, 3.05) is 7.11 Å². The Bertz CT molecular complexity index is 509. The Morgan fingerprint density at radius 1 is 1.60 bits per heavy atom. The molecule has 0 aliphatic rings. The molecule has 2 radical (unpaired) electrons. The van der Waals surface area contributed by atoms with Gasteiger partial charge in [0, 0.05) is 0 Å². The van der Waals surface area contributed by atoms with Crippen LogP contribution in [0.4, 0.5) is 0 Å². The number of rotatable bonds is 2. The summed E-state index contributed by atoms with van der Waals surface area (Å²) in [4.78, 5) is 15.6. The van der Waals surface area contributed by atoms with Crippen LogP contribution < -0.4 is 0 Å². The number of ether oxygens (including phenoxy) is 1. The molecule has 0 saturated heterocycles. The lowest BCUT2D eigenvalue weighted by Crippen LogP contribution is -2.00. The highest BCUT2D eigenvalue weighted by molar-refractivity contribution is 7.18. The van der Waals surface area contributed by atoms with Crippen LogP contribution in [-0.4, -0.2) is 25.9 Å². The number of hydrogen-bond acceptors (Lipinski definition) is 4. The first-order valence-electron chi connectivity index (χ1n) is 4.42. The molecule has 15 heavy (non-hydrogen) atoms. The highest BCUT2D eigenvalue weighted by atomic mass is 32.1. The van der Waals surface area contributed by atoms with Gasteiger partial charge in [0.1, 0.15) is 0 Å². The Balaban J connectivity index is 2.50. The van der Waals surface area contributed by atoms with Crippen LogP contribution in [0.2, 0.25) is 0 Å². The zero-order chi connectivity index (χ0) is 10.8. The van der Waals surface area contributed by atoms with Gasteiger partial charge in [0.25, 0.3) is 0 Å². The van der Waals surface area contributed by atoms with E-state index in [1.807, 2.05) is 6.07 Å². The van der Waals surface area contributed by atoms with E-state index in [2.05, 4.69) is 9.72 Å². The summed E-state index contributed by atoms with van der Waals surface area (Å²) in [7, 11) is 6.85. The molecule has 0 amide bonds. The van der Waals surface area contributed by atoms with Crippen molar-refractivity contribution in [3.8, 4) is 0 Å². The minimum absolute atomic E-state index is 0.348. The maximum absolute atomic E-state index is 11.3. The maximum atomic E-state index is 11.3. The van der Waals surface area contributed by atoms with Gasteiger partial charge in [0.2, 0.25) is 0 Å². The standard InChI is InChI=1S/C10H8BNO2S/c1-14-10(13)6-2-3-8-7(4-6)12-9(5-11)15-8/h2-4H,5H2,1H3. The van der Waals surface area contributed by atoms with E-state index in [9.17, 15) is 4.79 Å². The predicted octanol–water partition coefficient (Wildman–Crippen LogP) is 1.75. The van der Waals surface area contributed by atoms with Crippen LogP contribution in [0.15, 0.2) is 18.2 Å². The second-order valence-electron chi connectivity index (χ2n) is 2.99. The minimum Gasteiger partial charge on any atom is -0.465 e. The molecule has 3 nitrogen and oxygen atoms in total. The number of benzene rings is 1. The Hall–Kier alpha value is -1.36. The third-order valence-electron chi connectivity index (χ3n) is 2.03. The van der Waals surface area contributed by atoms with Gasteiger partial charge in [-0.1, -0.05) is 0 Å². The fourth-order valence-electron chi connectivity index (χ4n) is 1.31. The largest absolute Gasteiger partial charge is 0.465 e. The van der Waals surface area contributed by atoms with E-state index < -0.39 is 0 Å². The van der Waals surface area contributed by atoms with Gasteiger partial charge < -0.3 is 4.74 Å². The zero-order valence-corrected chi connectivity index (χ0v) is 9.00. The molecule has 1 aromatic heterocycles. The second kappa shape index (κ2) is 4.02. The molecule has 2 aromatic rings. The fraction of sp³-hybridized carbons (Fsp3) is 0.200. The molecular weight excluding hydrogens is 209 g/mol. The Labute approximate surface area is 92.5 Å². The van der Waals surface area contributed by atoms with E-state index in [4.69, 9.17) is 7.85 Å². The molecule has 0 bridgehead atoms. The molecular formula is C10H8BNO2S. The van der Waals surface area contributed by atoms with Gasteiger partial charge in [0.15, 0.2) is 0 Å². The number of esters is 1. The predicted molar refractivity (Wildman–Crippen MR) is 60.4 cm³/mol. The van der Waals surface area contributed by atoms with Crippen LogP contribution in [-0.2, 0) is 11.1 Å². The zero-order valence-electron chi connectivity index (χ0n) is 8.19. The molecule has 0 saturated carbocycles. The van der Waals surface area contributed by atoms with E-state index in [0.29, 0.717) is 11.9 Å². The molecule has 1 aromatic carbocycles. The number of carbonyl (C=O) groups excluding carboxylic acids is 1. The van der Waals surface area contributed by atoms with Crippen molar-refractivity contribution in [3.05, 3.63) is 28.8 Å². The normalized spacial score (nSPS) is 10.5. The van der Waals surface area contributed by atoms with Crippen molar-refractivity contribution in [2.45, 2.75) is 6.32 Å². The van der Waals surface area contributed by atoms with Gasteiger partial charge in [-0.25, -0.2) is 9.78 Å². The second-order valence-corrected chi connectivity index (χ2v) is 4.10. The van der Waals surface area contributed by atoms with Crippen LogP contribution in [0.5, 0.6) is 0 Å². The summed E-state index contributed by atoms with van der Waals surface area (Å²) in [5.74, 6) is -0.348. The molecule has 0 N–H and O–H groups in total.